The summed E-state index contributed by atoms with van der Waals surface area (Å²) < 4.78 is 0. The smallest absolute Gasteiger partial charge is 0.178 e. The molecule has 118 valence electrons. The Balaban J connectivity index is 1.47. The van der Waals surface area contributed by atoms with Crippen molar-refractivity contribution >= 4 is 11.2 Å². The predicted molar refractivity (Wildman–Crippen MR) is 85.4 cm³/mol. The zero-order chi connectivity index (χ0) is 15.5. The number of nitrogens with zero attached hydrogens (tertiary/aromatic N) is 7. The summed E-state index contributed by atoms with van der Waals surface area (Å²) in [6, 6.07) is 2.05. The fourth-order valence-electron chi connectivity index (χ4n) is 3.31. The standard InChI is InChI=1S/C16H19N7/c1-2-13(11-23-20-7-8-21-23)10-22(9-1)12-14-3-4-18-16-15(14)17-5-6-19-16/h3-8,13H,1-2,9-12H2. The van der Waals surface area contributed by atoms with E-state index in [-0.39, 0.29) is 0 Å². The maximum Gasteiger partial charge on any atom is 0.178 e. The monoisotopic (exact) mass is 309 g/mol. The summed E-state index contributed by atoms with van der Waals surface area (Å²) >= 11 is 0. The third kappa shape index (κ3) is 3.19. The Labute approximate surface area is 134 Å². The molecule has 7 heteroatoms. The number of hydrogen-bond acceptors (Lipinski definition) is 6. The average molecular weight is 309 g/mol. The van der Waals surface area contributed by atoms with Gasteiger partial charge in [0.25, 0.3) is 0 Å². The molecule has 1 fully saturated rings. The molecule has 1 aliphatic rings. The molecule has 0 aromatic carbocycles. The fourth-order valence-corrected chi connectivity index (χ4v) is 3.31. The van der Waals surface area contributed by atoms with Gasteiger partial charge in [0.05, 0.1) is 18.9 Å². The summed E-state index contributed by atoms with van der Waals surface area (Å²) in [7, 11) is 0. The van der Waals surface area contributed by atoms with Crippen molar-refractivity contribution in [1.82, 2.24) is 34.8 Å². The van der Waals surface area contributed by atoms with Crippen LogP contribution in [-0.2, 0) is 13.1 Å². The Kier molecular flexibility index (Phi) is 3.94. The molecule has 1 atom stereocenters. The van der Waals surface area contributed by atoms with Crippen molar-refractivity contribution in [3.8, 4) is 0 Å². The van der Waals surface area contributed by atoms with E-state index in [1.165, 1.54) is 18.4 Å². The first-order chi connectivity index (χ1) is 11.4. The van der Waals surface area contributed by atoms with Crippen molar-refractivity contribution in [1.29, 1.82) is 0 Å². The first-order valence-corrected chi connectivity index (χ1v) is 7.99. The van der Waals surface area contributed by atoms with E-state index < -0.39 is 0 Å². The van der Waals surface area contributed by atoms with Crippen molar-refractivity contribution in [2.45, 2.75) is 25.9 Å². The lowest BCUT2D eigenvalue weighted by molar-refractivity contribution is 0.150. The molecule has 23 heavy (non-hydrogen) atoms. The zero-order valence-corrected chi connectivity index (χ0v) is 12.9. The number of fused-ring (bicyclic) bond motifs is 1. The number of likely N-dealkylation sites (tertiary alicyclic amines) is 1. The van der Waals surface area contributed by atoms with E-state index in [0.717, 1.165) is 37.3 Å². The first kappa shape index (κ1) is 14.2. The van der Waals surface area contributed by atoms with Crippen molar-refractivity contribution in [2.24, 2.45) is 5.92 Å². The maximum absolute atomic E-state index is 4.45. The number of pyridine rings is 1. The summed E-state index contributed by atoms with van der Waals surface area (Å²) in [4.78, 5) is 17.3. The minimum atomic E-state index is 0.593. The molecule has 1 unspecified atom stereocenters. The Morgan fingerprint density at radius 1 is 1.00 bits per heavy atom. The van der Waals surface area contributed by atoms with Gasteiger partial charge >= 0.3 is 0 Å². The Morgan fingerprint density at radius 2 is 1.83 bits per heavy atom. The van der Waals surface area contributed by atoms with Gasteiger partial charge in [-0.1, -0.05) is 0 Å². The van der Waals surface area contributed by atoms with E-state index in [2.05, 4.69) is 36.1 Å². The quantitative estimate of drug-likeness (QED) is 0.728. The molecule has 0 amide bonds. The minimum Gasteiger partial charge on any atom is -0.299 e. The second-order valence-electron chi connectivity index (χ2n) is 6.03. The second kappa shape index (κ2) is 6.37. The van der Waals surface area contributed by atoms with E-state index in [9.17, 15) is 0 Å². The van der Waals surface area contributed by atoms with Gasteiger partial charge in [0.2, 0.25) is 0 Å². The molecule has 0 aliphatic carbocycles. The average Bonchev–Trinajstić information content (AvgIpc) is 3.09. The highest BCUT2D eigenvalue weighted by molar-refractivity contribution is 5.72. The molecule has 7 nitrogen and oxygen atoms in total. The van der Waals surface area contributed by atoms with E-state index in [1.54, 1.807) is 29.6 Å². The van der Waals surface area contributed by atoms with Gasteiger partial charge in [-0.3, -0.25) is 9.88 Å². The van der Waals surface area contributed by atoms with Gasteiger partial charge in [0.15, 0.2) is 5.65 Å². The predicted octanol–water partition coefficient (Wildman–Crippen LogP) is 1.53. The highest BCUT2D eigenvalue weighted by atomic mass is 15.5. The number of aromatic nitrogens is 6. The van der Waals surface area contributed by atoms with Crippen molar-refractivity contribution < 1.29 is 0 Å². The van der Waals surface area contributed by atoms with Crippen LogP contribution in [0.3, 0.4) is 0 Å². The SMILES string of the molecule is c1cnc2c(CN3CCCC(Cn4nccn4)C3)ccnc2n1. The van der Waals surface area contributed by atoms with E-state index in [0.29, 0.717) is 5.92 Å². The van der Waals surface area contributed by atoms with E-state index >= 15 is 0 Å². The molecule has 1 aliphatic heterocycles. The topological polar surface area (TPSA) is 72.6 Å². The van der Waals surface area contributed by atoms with Crippen LogP contribution in [0.15, 0.2) is 37.1 Å². The molecule has 4 heterocycles. The summed E-state index contributed by atoms with van der Waals surface area (Å²) in [6.45, 7) is 3.96. The summed E-state index contributed by atoms with van der Waals surface area (Å²) in [5.41, 5.74) is 2.83. The molecular formula is C16H19N7. The van der Waals surface area contributed by atoms with Gasteiger partial charge in [-0.15, -0.1) is 0 Å². The van der Waals surface area contributed by atoms with Gasteiger partial charge < -0.3 is 0 Å². The van der Waals surface area contributed by atoms with Gasteiger partial charge in [-0.25, -0.2) is 9.97 Å². The largest absolute Gasteiger partial charge is 0.299 e. The lowest BCUT2D eigenvalue weighted by Crippen LogP contribution is -2.37. The summed E-state index contributed by atoms with van der Waals surface area (Å²) in [5.74, 6) is 0.593. The summed E-state index contributed by atoms with van der Waals surface area (Å²) in [5, 5.41) is 8.44. The van der Waals surface area contributed by atoms with E-state index in [4.69, 9.17) is 0 Å². The number of piperidine rings is 1. The third-order valence-corrected chi connectivity index (χ3v) is 4.34. The molecule has 0 spiro atoms. The van der Waals surface area contributed by atoms with Crippen LogP contribution in [0.25, 0.3) is 11.2 Å². The molecule has 0 bridgehead atoms. The lowest BCUT2D eigenvalue weighted by Gasteiger charge is -2.32. The minimum absolute atomic E-state index is 0.593. The van der Waals surface area contributed by atoms with Crippen LogP contribution in [0.4, 0.5) is 0 Å². The van der Waals surface area contributed by atoms with Gasteiger partial charge in [0.1, 0.15) is 5.52 Å². The third-order valence-electron chi connectivity index (χ3n) is 4.34. The van der Waals surface area contributed by atoms with Crippen LogP contribution in [0, 0.1) is 5.92 Å². The molecule has 1 saturated heterocycles. The van der Waals surface area contributed by atoms with Crippen LogP contribution in [0.1, 0.15) is 18.4 Å². The highest BCUT2D eigenvalue weighted by Crippen LogP contribution is 2.21. The van der Waals surface area contributed by atoms with Crippen LogP contribution < -0.4 is 0 Å². The molecular weight excluding hydrogens is 290 g/mol. The van der Waals surface area contributed by atoms with Crippen molar-refractivity contribution in [2.75, 3.05) is 13.1 Å². The summed E-state index contributed by atoms with van der Waals surface area (Å²) in [6.07, 6.45) is 11.2. The molecule has 3 aromatic heterocycles. The fraction of sp³-hybridized carbons (Fsp3) is 0.438. The second-order valence-corrected chi connectivity index (χ2v) is 6.03. The first-order valence-electron chi connectivity index (χ1n) is 7.99. The molecule has 0 saturated carbocycles. The number of rotatable bonds is 4. The Bertz CT molecular complexity index is 766. The highest BCUT2D eigenvalue weighted by Gasteiger charge is 2.21. The maximum atomic E-state index is 4.45. The molecule has 3 aromatic rings. The zero-order valence-electron chi connectivity index (χ0n) is 12.9. The van der Waals surface area contributed by atoms with Gasteiger partial charge in [-0.05, 0) is 36.9 Å². The van der Waals surface area contributed by atoms with Crippen LogP contribution in [0.2, 0.25) is 0 Å². The van der Waals surface area contributed by atoms with Gasteiger partial charge in [-0.2, -0.15) is 15.0 Å². The van der Waals surface area contributed by atoms with Crippen molar-refractivity contribution in [3.63, 3.8) is 0 Å². The molecule has 4 rings (SSSR count). The van der Waals surface area contributed by atoms with Crippen molar-refractivity contribution in [3.05, 3.63) is 42.6 Å². The van der Waals surface area contributed by atoms with Crippen LogP contribution >= 0.6 is 0 Å². The Hall–Kier alpha value is -2.41. The molecule has 0 N–H and O–H groups in total. The lowest BCUT2D eigenvalue weighted by atomic mass is 9.97. The van der Waals surface area contributed by atoms with Gasteiger partial charge in [0, 0.05) is 31.7 Å². The van der Waals surface area contributed by atoms with Crippen LogP contribution in [0.5, 0.6) is 0 Å². The normalized spacial score (nSPS) is 19.2. The van der Waals surface area contributed by atoms with Crippen LogP contribution in [-0.4, -0.2) is 47.9 Å². The van der Waals surface area contributed by atoms with E-state index in [1.807, 2.05) is 6.20 Å². The Morgan fingerprint density at radius 3 is 2.74 bits per heavy atom. The molecule has 0 radical (unpaired) electrons. The number of hydrogen-bond donors (Lipinski definition) is 0.